The number of hydrogen-bond donors (Lipinski definition) is 1. The first-order chi connectivity index (χ1) is 8.74. The van der Waals surface area contributed by atoms with Crippen molar-refractivity contribution in [1.82, 2.24) is 9.78 Å². The van der Waals surface area contributed by atoms with Crippen LogP contribution in [0, 0.1) is 0 Å². The van der Waals surface area contributed by atoms with Gasteiger partial charge in [0.15, 0.2) is 0 Å². The summed E-state index contributed by atoms with van der Waals surface area (Å²) in [6, 6.07) is 1.66. The van der Waals surface area contributed by atoms with Crippen molar-refractivity contribution in [1.29, 1.82) is 0 Å². The molecule has 0 radical (unpaired) electrons. The van der Waals surface area contributed by atoms with E-state index in [1.54, 1.807) is 19.4 Å². The summed E-state index contributed by atoms with van der Waals surface area (Å²) in [6.07, 6.45) is 3.87. The van der Waals surface area contributed by atoms with Gasteiger partial charge in [-0.05, 0) is 18.6 Å². The van der Waals surface area contributed by atoms with Crippen LogP contribution in [0.4, 0.5) is 5.69 Å². The number of methoxy groups -OCH3 is 1. The zero-order valence-electron chi connectivity index (χ0n) is 10.6. The average Bonchev–Trinajstić information content (AvgIpc) is 2.86. The van der Waals surface area contributed by atoms with Gasteiger partial charge in [-0.25, -0.2) is 4.68 Å². The van der Waals surface area contributed by atoms with Crippen molar-refractivity contribution in [2.75, 3.05) is 30.9 Å². The summed E-state index contributed by atoms with van der Waals surface area (Å²) >= 11 is 4.13. The summed E-state index contributed by atoms with van der Waals surface area (Å²) in [6.45, 7) is 2.38. The normalized spacial score (nSPS) is 19.4. The minimum atomic E-state index is -0.0462. The van der Waals surface area contributed by atoms with E-state index in [4.69, 9.17) is 4.74 Å². The molecule has 1 saturated heterocycles. The molecular formula is C12H19N3O2S. The van der Waals surface area contributed by atoms with E-state index < -0.39 is 0 Å². The lowest BCUT2D eigenvalue weighted by atomic mass is 10.3. The summed E-state index contributed by atoms with van der Waals surface area (Å²) in [7, 11) is 1.72. The van der Waals surface area contributed by atoms with E-state index >= 15 is 0 Å². The van der Waals surface area contributed by atoms with Crippen LogP contribution in [0.3, 0.4) is 0 Å². The predicted octanol–water partition coefficient (Wildman–Crippen LogP) is 0.788. The topological polar surface area (TPSA) is 47.4 Å². The van der Waals surface area contributed by atoms with E-state index in [0.717, 1.165) is 37.4 Å². The molecule has 1 aliphatic rings. The SMILES string of the molecule is COC1CCN(c2cnn(CCCS)c(=O)c2)C1. The predicted molar refractivity (Wildman–Crippen MR) is 74.6 cm³/mol. The standard InChI is InChI=1S/C12H19N3O2S/c1-17-11-3-5-14(9-11)10-7-12(16)15(13-8-10)4-2-6-18/h7-8,11,18H,2-6,9H2,1H3. The summed E-state index contributed by atoms with van der Waals surface area (Å²) < 4.78 is 6.81. The van der Waals surface area contributed by atoms with Crippen LogP contribution < -0.4 is 10.5 Å². The lowest BCUT2D eigenvalue weighted by Crippen LogP contribution is -2.27. The van der Waals surface area contributed by atoms with E-state index in [0.29, 0.717) is 6.54 Å². The van der Waals surface area contributed by atoms with Gasteiger partial charge in [0, 0.05) is 32.8 Å². The summed E-state index contributed by atoms with van der Waals surface area (Å²) in [5, 5.41) is 4.20. The first-order valence-electron chi connectivity index (χ1n) is 6.20. The van der Waals surface area contributed by atoms with Crippen LogP contribution >= 0.6 is 12.6 Å². The molecule has 0 N–H and O–H groups in total. The first kappa shape index (κ1) is 13.4. The molecular weight excluding hydrogens is 250 g/mol. The Balaban J connectivity index is 2.07. The number of nitrogens with zero attached hydrogens (tertiary/aromatic N) is 3. The van der Waals surface area contributed by atoms with Gasteiger partial charge in [-0.15, -0.1) is 0 Å². The smallest absolute Gasteiger partial charge is 0.268 e. The van der Waals surface area contributed by atoms with Crippen molar-refractivity contribution in [3.63, 3.8) is 0 Å². The number of hydrogen-bond acceptors (Lipinski definition) is 5. The highest BCUT2D eigenvalue weighted by molar-refractivity contribution is 7.80. The maximum Gasteiger partial charge on any atom is 0.268 e. The van der Waals surface area contributed by atoms with Crippen LogP contribution in [-0.4, -0.2) is 41.8 Å². The van der Waals surface area contributed by atoms with Gasteiger partial charge in [0.1, 0.15) is 0 Å². The molecule has 0 spiro atoms. The molecule has 0 amide bonds. The minimum Gasteiger partial charge on any atom is -0.380 e. The second-order valence-electron chi connectivity index (χ2n) is 4.44. The van der Waals surface area contributed by atoms with Gasteiger partial charge in [-0.2, -0.15) is 17.7 Å². The van der Waals surface area contributed by atoms with E-state index in [-0.39, 0.29) is 11.7 Å². The number of aryl methyl sites for hydroxylation is 1. The molecule has 6 heteroatoms. The molecule has 1 aromatic rings. The molecule has 1 aromatic heterocycles. The van der Waals surface area contributed by atoms with Crippen molar-refractivity contribution >= 4 is 18.3 Å². The van der Waals surface area contributed by atoms with Crippen LogP contribution in [0.25, 0.3) is 0 Å². The number of thiol groups is 1. The lowest BCUT2D eigenvalue weighted by Gasteiger charge is -2.17. The van der Waals surface area contributed by atoms with Gasteiger partial charge in [0.2, 0.25) is 0 Å². The molecule has 1 fully saturated rings. The number of rotatable bonds is 5. The van der Waals surface area contributed by atoms with Gasteiger partial charge in [0.05, 0.1) is 18.0 Å². The molecule has 0 aliphatic carbocycles. The van der Waals surface area contributed by atoms with E-state index in [1.807, 2.05) is 0 Å². The van der Waals surface area contributed by atoms with E-state index in [1.165, 1.54) is 4.68 Å². The van der Waals surface area contributed by atoms with E-state index in [9.17, 15) is 4.79 Å². The monoisotopic (exact) mass is 269 g/mol. The Kier molecular flexibility index (Phi) is 4.66. The fourth-order valence-corrected chi connectivity index (χ4v) is 2.28. The molecule has 5 nitrogen and oxygen atoms in total. The van der Waals surface area contributed by atoms with Crippen molar-refractivity contribution in [2.24, 2.45) is 0 Å². The zero-order chi connectivity index (χ0) is 13.0. The number of aromatic nitrogens is 2. The highest BCUT2D eigenvalue weighted by Gasteiger charge is 2.22. The van der Waals surface area contributed by atoms with Gasteiger partial charge >= 0.3 is 0 Å². The van der Waals surface area contributed by atoms with Gasteiger partial charge in [-0.1, -0.05) is 0 Å². The van der Waals surface area contributed by atoms with Crippen molar-refractivity contribution < 1.29 is 4.74 Å². The molecule has 18 heavy (non-hydrogen) atoms. The Morgan fingerprint density at radius 1 is 1.61 bits per heavy atom. The molecule has 0 saturated carbocycles. The van der Waals surface area contributed by atoms with Crippen LogP contribution in [-0.2, 0) is 11.3 Å². The Morgan fingerprint density at radius 2 is 2.44 bits per heavy atom. The Hall–Kier alpha value is -1.01. The maximum absolute atomic E-state index is 11.9. The number of ether oxygens (including phenoxy) is 1. The minimum absolute atomic E-state index is 0.0462. The van der Waals surface area contributed by atoms with Gasteiger partial charge < -0.3 is 9.64 Å². The Bertz CT molecular complexity index is 449. The van der Waals surface area contributed by atoms with Crippen molar-refractivity contribution in [3.05, 3.63) is 22.6 Å². The zero-order valence-corrected chi connectivity index (χ0v) is 11.5. The van der Waals surface area contributed by atoms with E-state index in [2.05, 4.69) is 22.6 Å². The molecule has 1 unspecified atom stereocenters. The third-order valence-corrected chi connectivity index (χ3v) is 3.54. The third-order valence-electron chi connectivity index (χ3n) is 3.23. The van der Waals surface area contributed by atoms with Crippen LogP contribution in [0.1, 0.15) is 12.8 Å². The fourth-order valence-electron chi connectivity index (χ4n) is 2.14. The Morgan fingerprint density at radius 3 is 3.06 bits per heavy atom. The summed E-state index contributed by atoms with van der Waals surface area (Å²) in [5.41, 5.74) is 0.844. The van der Waals surface area contributed by atoms with Crippen molar-refractivity contribution in [3.8, 4) is 0 Å². The molecule has 2 rings (SSSR count). The van der Waals surface area contributed by atoms with Crippen molar-refractivity contribution in [2.45, 2.75) is 25.5 Å². The Labute approximate surface area is 112 Å². The highest BCUT2D eigenvalue weighted by atomic mass is 32.1. The molecule has 0 bridgehead atoms. The molecule has 1 aliphatic heterocycles. The van der Waals surface area contributed by atoms with Crippen LogP contribution in [0.2, 0.25) is 0 Å². The van der Waals surface area contributed by atoms with Gasteiger partial charge in [0.25, 0.3) is 5.56 Å². The maximum atomic E-state index is 11.9. The first-order valence-corrected chi connectivity index (χ1v) is 6.83. The molecule has 1 atom stereocenters. The average molecular weight is 269 g/mol. The molecule has 2 heterocycles. The largest absolute Gasteiger partial charge is 0.380 e. The van der Waals surface area contributed by atoms with Crippen LogP contribution in [0.5, 0.6) is 0 Å². The number of anilines is 1. The lowest BCUT2D eigenvalue weighted by molar-refractivity contribution is 0.121. The highest BCUT2D eigenvalue weighted by Crippen LogP contribution is 2.19. The third kappa shape index (κ3) is 3.05. The molecule has 0 aromatic carbocycles. The second kappa shape index (κ2) is 6.24. The second-order valence-corrected chi connectivity index (χ2v) is 4.89. The summed E-state index contributed by atoms with van der Waals surface area (Å²) in [4.78, 5) is 14.0. The fraction of sp³-hybridized carbons (Fsp3) is 0.667. The summed E-state index contributed by atoms with van der Waals surface area (Å²) in [5.74, 6) is 0.761. The van der Waals surface area contributed by atoms with Crippen LogP contribution in [0.15, 0.2) is 17.1 Å². The van der Waals surface area contributed by atoms with Gasteiger partial charge in [-0.3, -0.25) is 4.79 Å². The quantitative estimate of drug-likeness (QED) is 0.803. The molecule has 100 valence electrons.